The molecule has 22 heavy (non-hydrogen) atoms. The van der Waals surface area contributed by atoms with Gasteiger partial charge in [0.15, 0.2) is 0 Å². The van der Waals surface area contributed by atoms with Gasteiger partial charge in [-0.25, -0.2) is 4.98 Å². The number of methoxy groups -OCH3 is 1. The Kier molecular flexibility index (Phi) is 4.42. The Labute approximate surface area is 131 Å². The smallest absolute Gasteiger partial charge is 0.145 e. The van der Waals surface area contributed by atoms with Crippen molar-refractivity contribution >= 4 is 11.5 Å². The van der Waals surface area contributed by atoms with E-state index in [-0.39, 0.29) is 0 Å². The van der Waals surface area contributed by atoms with Crippen LogP contribution in [-0.4, -0.2) is 36.2 Å². The second kappa shape index (κ2) is 6.64. The van der Waals surface area contributed by atoms with E-state index in [0.29, 0.717) is 6.04 Å². The van der Waals surface area contributed by atoms with Crippen LogP contribution in [-0.2, 0) is 0 Å². The van der Waals surface area contributed by atoms with Crippen molar-refractivity contribution in [3.05, 3.63) is 42.4 Å². The van der Waals surface area contributed by atoms with Gasteiger partial charge in [0.1, 0.15) is 11.6 Å². The van der Waals surface area contributed by atoms with Gasteiger partial charge < -0.3 is 15.0 Å². The Morgan fingerprint density at radius 1 is 1.32 bits per heavy atom. The Hall–Kier alpha value is -2.30. The molecule has 5 heteroatoms. The Morgan fingerprint density at radius 3 is 3.05 bits per heavy atom. The van der Waals surface area contributed by atoms with Crippen molar-refractivity contribution in [2.75, 3.05) is 30.4 Å². The van der Waals surface area contributed by atoms with Crippen molar-refractivity contribution in [3.8, 4) is 5.75 Å². The maximum absolute atomic E-state index is 5.32. The van der Waals surface area contributed by atoms with Crippen LogP contribution in [0.3, 0.4) is 0 Å². The molecular formula is C17H22N4O. The third-order valence-electron chi connectivity index (χ3n) is 3.95. The lowest BCUT2D eigenvalue weighted by atomic mass is 10.0. The summed E-state index contributed by atoms with van der Waals surface area (Å²) in [5.74, 6) is 1.76. The third-order valence-corrected chi connectivity index (χ3v) is 3.95. The zero-order valence-electron chi connectivity index (χ0n) is 13.1. The van der Waals surface area contributed by atoms with E-state index in [1.54, 1.807) is 19.5 Å². The quantitative estimate of drug-likeness (QED) is 0.940. The minimum Gasteiger partial charge on any atom is -0.497 e. The molecule has 0 amide bonds. The lowest BCUT2D eigenvalue weighted by Gasteiger charge is -2.35. The molecule has 1 aliphatic heterocycles. The number of nitrogens with one attached hydrogen (secondary N) is 1. The first-order chi connectivity index (χ1) is 10.7. The van der Waals surface area contributed by atoms with E-state index in [2.05, 4.69) is 32.3 Å². The van der Waals surface area contributed by atoms with E-state index in [4.69, 9.17) is 4.74 Å². The molecule has 1 N–H and O–H groups in total. The molecule has 1 saturated heterocycles. The summed E-state index contributed by atoms with van der Waals surface area (Å²) in [6.45, 7) is 4.00. The standard InChI is InChI=1S/C17H22N4O/c1-13-10-18-11-17(19-13)20-14-5-4-8-21(12-14)15-6-3-7-16(9-15)22-2/h3,6-7,9-11,14H,4-5,8,12H2,1-2H3,(H,19,20). The van der Waals surface area contributed by atoms with Crippen LogP contribution in [0.4, 0.5) is 11.5 Å². The summed E-state index contributed by atoms with van der Waals surface area (Å²) in [4.78, 5) is 11.1. The highest BCUT2D eigenvalue weighted by Gasteiger charge is 2.20. The average Bonchev–Trinajstić information content (AvgIpc) is 2.55. The molecule has 5 nitrogen and oxygen atoms in total. The van der Waals surface area contributed by atoms with Gasteiger partial charge in [0.05, 0.1) is 19.0 Å². The minimum absolute atomic E-state index is 0.385. The predicted octanol–water partition coefficient (Wildman–Crippen LogP) is 2.87. The summed E-state index contributed by atoms with van der Waals surface area (Å²) < 4.78 is 5.32. The van der Waals surface area contributed by atoms with Crippen molar-refractivity contribution < 1.29 is 4.74 Å². The highest BCUT2D eigenvalue weighted by molar-refractivity contribution is 5.51. The molecular weight excluding hydrogens is 276 g/mol. The van der Waals surface area contributed by atoms with Crippen LogP contribution in [0.25, 0.3) is 0 Å². The van der Waals surface area contributed by atoms with E-state index in [1.807, 2.05) is 19.1 Å². The van der Waals surface area contributed by atoms with Gasteiger partial charge in [-0.15, -0.1) is 0 Å². The van der Waals surface area contributed by atoms with Crippen LogP contribution < -0.4 is 15.0 Å². The molecule has 1 unspecified atom stereocenters. The monoisotopic (exact) mass is 298 g/mol. The predicted molar refractivity (Wildman–Crippen MR) is 88.6 cm³/mol. The minimum atomic E-state index is 0.385. The molecule has 0 radical (unpaired) electrons. The van der Waals surface area contributed by atoms with Gasteiger partial charge in [-0.2, -0.15) is 0 Å². The topological polar surface area (TPSA) is 50.3 Å². The maximum Gasteiger partial charge on any atom is 0.145 e. The highest BCUT2D eigenvalue weighted by Crippen LogP contribution is 2.25. The van der Waals surface area contributed by atoms with Crippen LogP contribution >= 0.6 is 0 Å². The molecule has 0 saturated carbocycles. The second-order valence-corrected chi connectivity index (χ2v) is 5.68. The van der Waals surface area contributed by atoms with Crippen LogP contribution in [0, 0.1) is 6.92 Å². The number of nitrogens with zero attached hydrogens (tertiary/aromatic N) is 3. The largest absolute Gasteiger partial charge is 0.497 e. The molecule has 116 valence electrons. The number of hydrogen-bond acceptors (Lipinski definition) is 5. The molecule has 1 aliphatic rings. The number of piperidine rings is 1. The molecule has 1 aromatic heterocycles. The van der Waals surface area contributed by atoms with Gasteiger partial charge in [0, 0.05) is 37.1 Å². The van der Waals surface area contributed by atoms with Gasteiger partial charge in [-0.05, 0) is 31.9 Å². The van der Waals surface area contributed by atoms with E-state index in [0.717, 1.165) is 43.2 Å². The number of hydrogen-bond donors (Lipinski definition) is 1. The van der Waals surface area contributed by atoms with Crippen LogP contribution in [0.2, 0.25) is 0 Å². The molecule has 0 aliphatic carbocycles. The second-order valence-electron chi connectivity index (χ2n) is 5.68. The van der Waals surface area contributed by atoms with Gasteiger partial charge >= 0.3 is 0 Å². The number of aromatic nitrogens is 2. The van der Waals surface area contributed by atoms with Crippen LogP contribution in [0.1, 0.15) is 18.5 Å². The fraction of sp³-hybridized carbons (Fsp3) is 0.412. The van der Waals surface area contributed by atoms with Crippen molar-refractivity contribution in [1.82, 2.24) is 9.97 Å². The summed E-state index contributed by atoms with van der Waals surface area (Å²) >= 11 is 0. The van der Waals surface area contributed by atoms with Crippen molar-refractivity contribution in [2.45, 2.75) is 25.8 Å². The first-order valence-corrected chi connectivity index (χ1v) is 7.69. The summed E-state index contributed by atoms with van der Waals surface area (Å²) in [6, 6.07) is 8.63. The average molecular weight is 298 g/mol. The van der Waals surface area contributed by atoms with Crippen LogP contribution in [0.5, 0.6) is 5.75 Å². The Balaban J connectivity index is 1.68. The summed E-state index contributed by atoms with van der Waals surface area (Å²) in [5, 5.41) is 3.50. The molecule has 2 aromatic rings. The summed E-state index contributed by atoms with van der Waals surface area (Å²) in [6.07, 6.45) is 5.87. The van der Waals surface area contributed by atoms with E-state index >= 15 is 0 Å². The van der Waals surface area contributed by atoms with Gasteiger partial charge in [-0.3, -0.25) is 4.98 Å². The number of rotatable bonds is 4. The SMILES string of the molecule is COc1cccc(N2CCCC(Nc3cncc(C)n3)C2)c1. The number of anilines is 2. The molecule has 0 bridgehead atoms. The number of ether oxygens (including phenoxy) is 1. The zero-order chi connectivity index (χ0) is 15.4. The van der Waals surface area contributed by atoms with Crippen LogP contribution in [0.15, 0.2) is 36.7 Å². The molecule has 0 spiro atoms. The molecule has 1 aromatic carbocycles. The lowest BCUT2D eigenvalue weighted by molar-refractivity contribution is 0.414. The Bertz CT molecular complexity index is 632. The fourth-order valence-electron chi connectivity index (χ4n) is 2.88. The van der Waals surface area contributed by atoms with Gasteiger partial charge in [0.25, 0.3) is 0 Å². The van der Waals surface area contributed by atoms with Crippen molar-refractivity contribution in [1.29, 1.82) is 0 Å². The van der Waals surface area contributed by atoms with Gasteiger partial charge in [-0.1, -0.05) is 6.07 Å². The van der Waals surface area contributed by atoms with Crippen molar-refractivity contribution in [2.24, 2.45) is 0 Å². The van der Waals surface area contributed by atoms with Gasteiger partial charge in [0.2, 0.25) is 0 Å². The van der Waals surface area contributed by atoms with E-state index < -0.39 is 0 Å². The number of benzene rings is 1. The molecule has 1 atom stereocenters. The maximum atomic E-state index is 5.32. The molecule has 3 rings (SSSR count). The third kappa shape index (κ3) is 3.47. The zero-order valence-corrected chi connectivity index (χ0v) is 13.1. The van der Waals surface area contributed by atoms with E-state index in [1.165, 1.54) is 5.69 Å². The first kappa shape index (κ1) is 14.6. The fourth-order valence-corrected chi connectivity index (χ4v) is 2.88. The molecule has 2 heterocycles. The number of aryl methyl sites for hydroxylation is 1. The molecule has 1 fully saturated rings. The highest BCUT2D eigenvalue weighted by atomic mass is 16.5. The normalized spacial score (nSPS) is 18.1. The van der Waals surface area contributed by atoms with E-state index in [9.17, 15) is 0 Å². The lowest BCUT2D eigenvalue weighted by Crippen LogP contribution is -2.42. The summed E-state index contributed by atoms with van der Waals surface area (Å²) in [7, 11) is 1.70. The van der Waals surface area contributed by atoms with Crippen molar-refractivity contribution in [3.63, 3.8) is 0 Å². The summed E-state index contributed by atoms with van der Waals surface area (Å²) in [5.41, 5.74) is 2.15. The Morgan fingerprint density at radius 2 is 2.23 bits per heavy atom. The first-order valence-electron chi connectivity index (χ1n) is 7.69.